The van der Waals surface area contributed by atoms with Gasteiger partial charge in [0.1, 0.15) is 9.84 Å². The minimum atomic E-state index is -3.11. The van der Waals surface area contributed by atoms with Crippen molar-refractivity contribution in [3.05, 3.63) is 34.9 Å². The second kappa shape index (κ2) is 5.62. The molecule has 0 bridgehead atoms. The number of halogens is 1. The first-order valence-electron chi connectivity index (χ1n) is 5.03. The van der Waals surface area contributed by atoms with E-state index in [1.807, 2.05) is 0 Å². The van der Waals surface area contributed by atoms with Crippen LogP contribution in [-0.2, 0) is 9.84 Å². The molecule has 0 amide bonds. The van der Waals surface area contributed by atoms with Crippen LogP contribution in [0.25, 0.3) is 0 Å². The Hall–Kier alpha value is -0.910. The summed E-state index contributed by atoms with van der Waals surface area (Å²) < 4.78 is 21.9. The Morgan fingerprint density at radius 3 is 2.53 bits per heavy atom. The van der Waals surface area contributed by atoms with Crippen molar-refractivity contribution in [3.63, 3.8) is 0 Å². The highest BCUT2D eigenvalue weighted by atomic mass is 35.5. The summed E-state index contributed by atoms with van der Waals surface area (Å²) in [6.45, 7) is 0. The maximum Gasteiger partial charge on any atom is 0.181 e. The summed E-state index contributed by atoms with van der Waals surface area (Å²) in [5.41, 5.74) is 5.98. The fourth-order valence-corrected chi connectivity index (χ4v) is 2.24. The van der Waals surface area contributed by atoms with E-state index in [2.05, 4.69) is 0 Å². The van der Waals surface area contributed by atoms with Crippen molar-refractivity contribution < 1.29 is 13.2 Å². The monoisotopic (exact) mass is 275 g/mol. The summed E-state index contributed by atoms with van der Waals surface area (Å²) in [6, 6.07) is 5.72. The van der Waals surface area contributed by atoms with Gasteiger partial charge in [-0.1, -0.05) is 23.7 Å². The first-order chi connectivity index (χ1) is 7.81. The van der Waals surface area contributed by atoms with E-state index in [0.717, 1.165) is 6.26 Å². The number of benzene rings is 1. The van der Waals surface area contributed by atoms with Crippen LogP contribution in [0.3, 0.4) is 0 Å². The second-order valence-electron chi connectivity index (χ2n) is 3.87. The van der Waals surface area contributed by atoms with E-state index >= 15 is 0 Å². The van der Waals surface area contributed by atoms with Gasteiger partial charge >= 0.3 is 0 Å². The van der Waals surface area contributed by atoms with Gasteiger partial charge in [-0.25, -0.2) is 8.42 Å². The Morgan fingerprint density at radius 2 is 2.00 bits per heavy atom. The highest BCUT2D eigenvalue weighted by molar-refractivity contribution is 7.90. The molecule has 4 nitrogen and oxygen atoms in total. The van der Waals surface area contributed by atoms with Gasteiger partial charge < -0.3 is 5.73 Å². The second-order valence-corrected chi connectivity index (χ2v) is 6.54. The third-order valence-electron chi connectivity index (χ3n) is 2.28. The highest BCUT2D eigenvalue weighted by Crippen LogP contribution is 2.17. The van der Waals surface area contributed by atoms with Crippen LogP contribution in [0.1, 0.15) is 16.8 Å². The molecule has 0 spiro atoms. The normalized spacial score (nSPS) is 13.4. The van der Waals surface area contributed by atoms with Crippen LogP contribution in [0.5, 0.6) is 0 Å². The lowest BCUT2D eigenvalue weighted by atomic mass is 10.0. The number of nitrogens with two attached hydrogens (primary N) is 1. The van der Waals surface area contributed by atoms with E-state index in [-0.39, 0.29) is 18.0 Å². The molecule has 0 radical (unpaired) electrons. The Balaban J connectivity index is 2.74. The molecule has 17 heavy (non-hydrogen) atoms. The van der Waals surface area contributed by atoms with Crippen LogP contribution in [0.2, 0.25) is 5.02 Å². The zero-order valence-electron chi connectivity index (χ0n) is 9.39. The molecule has 0 heterocycles. The van der Waals surface area contributed by atoms with Crippen molar-refractivity contribution in [2.75, 3.05) is 12.0 Å². The largest absolute Gasteiger partial charge is 0.321 e. The molecule has 1 aromatic rings. The number of rotatable bonds is 5. The molecule has 0 saturated carbocycles. The SMILES string of the molecule is CS(=O)(=O)CCC(N)C(=O)c1ccccc1Cl. The molecule has 1 unspecified atom stereocenters. The molecule has 0 saturated heterocycles. The quantitative estimate of drug-likeness (QED) is 0.822. The van der Waals surface area contributed by atoms with Gasteiger partial charge in [-0.05, 0) is 18.6 Å². The minimum Gasteiger partial charge on any atom is -0.321 e. The van der Waals surface area contributed by atoms with Gasteiger partial charge in [0.05, 0.1) is 16.8 Å². The fraction of sp³-hybridized carbons (Fsp3) is 0.364. The molecule has 1 atom stereocenters. The van der Waals surface area contributed by atoms with Crippen molar-refractivity contribution in [2.24, 2.45) is 5.73 Å². The molecule has 1 rings (SSSR count). The van der Waals surface area contributed by atoms with Crippen molar-refractivity contribution in [2.45, 2.75) is 12.5 Å². The molecular weight excluding hydrogens is 262 g/mol. The predicted octanol–water partition coefficient (Wildman–Crippen LogP) is 1.28. The first-order valence-corrected chi connectivity index (χ1v) is 7.47. The number of hydrogen-bond acceptors (Lipinski definition) is 4. The lowest BCUT2D eigenvalue weighted by Crippen LogP contribution is -2.32. The molecule has 2 N–H and O–H groups in total. The van der Waals surface area contributed by atoms with E-state index in [4.69, 9.17) is 17.3 Å². The zero-order valence-corrected chi connectivity index (χ0v) is 11.0. The van der Waals surface area contributed by atoms with Crippen molar-refractivity contribution in [3.8, 4) is 0 Å². The van der Waals surface area contributed by atoms with Gasteiger partial charge in [-0.3, -0.25) is 4.79 Å². The number of ketones is 1. The molecule has 0 fully saturated rings. The van der Waals surface area contributed by atoms with Crippen LogP contribution in [0, 0.1) is 0 Å². The molecule has 6 heteroatoms. The fourth-order valence-electron chi connectivity index (χ4n) is 1.33. The molecule has 0 aromatic heterocycles. The Labute approximate surface area is 106 Å². The van der Waals surface area contributed by atoms with E-state index in [9.17, 15) is 13.2 Å². The summed E-state index contributed by atoms with van der Waals surface area (Å²) in [7, 11) is -3.11. The zero-order chi connectivity index (χ0) is 13.1. The summed E-state index contributed by atoms with van der Waals surface area (Å²) >= 11 is 5.86. The average molecular weight is 276 g/mol. The number of Topliss-reactive ketones (excluding diaryl/α,β-unsaturated/α-hetero) is 1. The molecule has 0 aliphatic rings. The Bertz CT molecular complexity index is 513. The number of carbonyl (C=O) groups is 1. The minimum absolute atomic E-state index is 0.100. The Morgan fingerprint density at radius 1 is 1.41 bits per heavy atom. The highest BCUT2D eigenvalue weighted by Gasteiger charge is 2.19. The first kappa shape index (κ1) is 14.2. The maximum atomic E-state index is 11.9. The maximum absolute atomic E-state index is 11.9. The molecular formula is C11H14ClNO3S. The predicted molar refractivity (Wildman–Crippen MR) is 68.1 cm³/mol. The molecule has 94 valence electrons. The number of carbonyl (C=O) groups excluding carboxylic acids is 1. The van der Waals surface area contributed by atoms with E-state index in [0.29, 0.717) is 10.6 Å². The van der Waals surface area contributed by atoms with Gasteiger partial charge in [-0.15, -0.1) is 0 Å². The van der Waals surface area contributed by atoms with Crippen molar-refractivity contribution in [1.82, 2.24) is 0 Å². The third kappa shape index (κ3) is 4.46. The van der Waals surface area contributed by atoms with Crippen molar-refractivity contribution in [1.29, 1.82) is 0 Å². The lowest BCUT2D eigenvalue weighted by molar-refractivity contribution is 0.0960. The van der Waals surface area contributed by atoms with Crippen LogP contribution in [-0.4, -0.2) is 32.3 Å². The van der Waals surface area contributed by atoms with Gasteiger partial charge in [0.2, 0.25) is 0 Å². The molecule has 0 aliphatic heterocycles. The topological polar surface area (TPSA) is 77.2 Å². The van der Waals surface area contributed by atoms with Gasteiger partial charge in [-0.2, -0.15) is 0 Å². The Kier molecular flexibility index (Phi) is 4.68. The summed E-state index contributed by atoms with van der Waals surface area (Å²) in [5.74, 6) is -0.441. The smallest absolute Gasteiger partial charge is 0.181 e. The third-order valence-corrected chi connectivity index (χ3v) is 3.58. The van der Waals surface area contributed by atoms with Gasteiger partial charge in [0, 0.05) is 11.8 Å². The standard InChI is InChI=1S/C11H14ClNO3S/c1-17(15,16)7-6-10(13)11(14)8-4-2-3-5-9(8)12/h2-5,10H,6-7,13H2,1H3. The van der Waals surface area contributed by atoms with Crippen LogP contribution in [0.4, 0.5) is 0 Å². The summed E-state index contributed by atoms with van der Waals surface area (Å²) in [6.07, 6.45) is 1.21. The van der Waals surface area contributed by atoms with Crippen LogP contribution in [0.15, 0.2) is 24.3 Å². The molecule has 1 aromatic carbocycles. The van der Waals surface area contributed by atoms with Crippen LogP contribution >= 0.6 is 11.6 Å². The average Bonchev–Trinajstić information content (AvgIpc) is 2.24. The molecule has 0 aliphatic carbocycles. The van der Waals surface area contributed by atoms with Gasteiger partial charge in [0.15, 0.2) is 5.78 Å². The lowest BCUT2D eigenvalue weighted by Gasteiger charge is -2.10. The summed E-state index contributed by atoms with van der Waals surface area (Å²) in [4.78, 5) is 11.9. The van der Waals surface area contributed by atoms with Gasteiger partial charge in [0.25, 0.3) is 0 Å². The number of sulfone groups is 1. The van der Waals surface area contributed by atoms with E-state index in [1.165, 1.54) is 0 Å². The van der Waals surface area contributed by atoms with E-state index in [1.54, 1.807) is 24.3 Å². The van der Waals surface area contributed by atoms with Crippen LogP contribution < -0.4 is 5.73 Å². The number of hydrogen-bond donors (Lipinski definition) is 1. The summed E-state index contributed by atoms with van der Waals surface area (Å²) in [5, 5.41) is 0.326. The van der Waals surface area contributed by atoms with Crippen molar-refractivity contribution >= 4 is 27.2 Å². The van der Waals surface area contributed by atoms with E-state index < -0.39 is 15.9 Å².